The zero-order valence-corrected chi connectivity index (χ0v) is 21.0. The summed E-state index contributed by atoms with van der Waals surface area (Å²) >= 11 is 0.709. The van der Waals surface area contributed by atoms with Crippen molar-refractivity contribution in [1.82, 2.24) is 14.6 Å². The fourth-order valence-electron chi connectivity index (χ4n) is 3.98. The number of unbranched alkanes of at least 4 members (excludes halogenated alkanes) is 1. The van der Waals surface area contributed by atoms with Crippen LogP contribution in [0.15, 0.2) is 12.1 Å². The van der Waals surface area contributed by atoms with Crippen LogP contribution in [-0.2, 0) is 6.61 Å². The molecule has 1 aromatic carbocycles. The van der Waals surface area contributed by atoms with Crippen molar-refractivity contribution >= 4 is 28.5 Å². The third-order valence-corrected chi connectivity index (χ3v) is 6.71. The maximum atomic E-state index is 14.0. The zero-order valence-electron chi connectivity index (χ0n) is 20.2. The zero-order chi connectivity index (χ0) is 26.1. The lowest BCUT2D eigenvalue weighted by molar-refractivity contribution is 0.0692. The van der Waals surface area contributed by atoms with E-state index in [1.807, 2.05) is 0 Å². The molecule has 1 aliphatic heterocycles. The molecule has 2 amide bonds. The maximum absolute atomic E-state index is 14.0. The van der Waals surface area contributed by atoms with Crippen LogP contribution in [0.2, 0.25) is 0 Å². The van der Waals surface area contributed by atoms with Crippen molar-refractivity contribution in [2.75, 3.05) is 31.5 Å². The van der Waals surface area contributed by atoms with Gasteiger partial charge >= 0.3 is 12.0 Å². The summed E-state index contributed by atoms with van der Waals surface area (Å²) < 4.78 is 37.0. The molecule has 2 heterocycles. The molecule has 0 aliphatic carbocycles. The lowest BCUT2D eigenvalue weighted by Crippen LogP contribution is -2.36. The number of hydrogen-bond donors (Lipinski definition) is 4. The number of urea groups is 1. The van der Waals surface area contributed by atoms with Gasteiger partial charge in [-0.1, -0.05) is 6.42 Å². The Morgan fingerprint density at radius 3 is 2.67 bits per heavy atom. The standard InChI is InChI=1S/C24H32F2N4O5S/c1-15-11-19(26)16(12-18(15)25)14-35-21-20(23(32)33)22(36-29-21)28-24(34)27-8-4-3-7-17(31)13-30-9-5-2-6-10-30/h11-12,17,31H,2-10,13-14H2,1H3,(H,32,33)(H2,27,28,34). The minimum absolute atomic E-state index is 0.0393. The highest BCUT2D eigenvalue weighted by atomic mass is 32.1. The molecule has 2 aromatic rings. The number of ether oxygens (including phenoxy) is 1. The molecule has 198 valence electrons. The molecule has 36 heavy (non-hydrogen) atoms. The first-order valence-corrected chi connectivity index (χ1v) is 12.8. The average molecular weight is 527 g/mol. The summed E-state index contributed by atoms with van der Waals surface area (Å²) in [4.78, 5) is 26.2. The number of β-amino-alcohol motifs (C(OH)–C–C–N with tert-alkyl or cyclic N) is 1. The molecule has 1 unspecified atom stereocenters. The second kappa shape index (κ2) is 13.5. The SMILES string of the molecule is Cc1cc(F)c(COc2nsc(NC(=O)NCCCCC(O)CN3CCCCC3)c2C(=O)O)cc1F. The minimum Gasteiger partial charge on any atom is -0.477 e. The fourth-order valence-corrected chi connectivity index (χ4v) is 4.70. The number of carboxylic acid groups (broad SMARTS) is 1. The number of aryl methyl sites for hydroxylation is 1. The molecule has 4 N–H and O–H groups in total. The molecule has 0 saturated carbocycles. The molecule has 12 heteroatoms. The second-order valence-corrected chi connectivity index (χ2v) is 9.64. The molecule has 0 radical (unpaired) electrons. The number of carboxylic acids is 1. The summed E-state index contributed by atoms with van der Waals surface area (Å²) in [5, 5.41) is 24.8. The second-order valence-electron chi connectivity index (χ2n) is 8.87. The smallest absolute Gasteiger partial charge is 0.344 e. The van der Waals surface area contributed by atoms with Gasteiger partial charge in [-0.15, -0.1) is 0 Å². The predicted octanol–water partition coefficient (Wildman–Crippen LogP) is 4.15. The predicted molar refractivity (Wildman–Crippen MR) is 132 cm³/mol. The molecule has 0 bridgehead atoms. The number of halogens is 2. The molecule has 0 spiro atoms. The van der Waals surface area contributed by atoms with Crippen LogP contribution in [0.3, 0.4) is 0 Å². The number of anilines is 1. The van der Waals surface area contributed by atoms with Crippen LogP contribution in [0.5, 0.6) is 5.88 Å². The molecule has 3 rings (SSSR count). The number of rotatable bonds is 12. The van der Waals surface area contributed by atoms with Gasteiger partial charge in [0.05, 0.1) is 6.10 Å². The number of aromatic nitrogens is 1. The van der Waals surface area contributed by atoms with Crippen molar-refractivity contribution in [2.45, 2.75) is 58.2 Å². The summed E-state index contributed by atoms with van der Waals surface area (Å²) in [7, 11) is 0. The van der Waals surface area contributed by atoms with Crippen molar-refractivity contribution in [3.8, 4) is 5.88 Å². The highest BCUT2D eigenvalue weighted by molar-refractivity contribution is 7.11. The minimum atomic E-state index is -1.38. The number of nitrogens with zero attached hydrogens (tertiary/aromatic N) is 2. The number of amides is 2. The van der Waals surface area contributed by atoms with Gasteiger partial charge < -0.3 is 25.2 Å². The fraction of sp³-hybridized carbons (Fsp3) is 0.542. The van der Waals surface area contributed by atoms with E-state index in [1.54, 1.807) is 0 Å². The van der Waals surface area contributed by atoms with E-state index in [2.05, 4.69) is 19.9 Å². The van der Waals surface area contributed by atoms with Crippen molar-refractivity contribution in [1.29, 1.82) is 0 Å². The van der Waals surface area contributed by atoms with Crippen LogP contribution in [0.4, 0.5) is 18.6 Å². The number of aromatic carboxylic acids is 1. The van der Waals surface area contributed by atoms with Crippen molar-refractivity contribution in [2.24, 2.45) is 0 Å². The molecule has 1 fully saturated rings. The van der Waals surface area contributed by atoms with Gasteiger partial charge in [-0.2, -0.15) is 4.37 Å². The van der Waals surface area contributed by atoms with Crippen molar-refractivity contribution in [3.05, 3.63) is 40.5 Å². The van der Waals surface area contributed by atoms with Crippen LogP contribution in [0.25, 0.3) is 0 Å². The lowest BCUT2D eigenvalue weighted by atomic mass is 10.1. The Morgan fingerprint density at radius 2 is 1.94 bits per heavy atom. The Morgan fingerprint density at radius 1 is 1.19 bits per heavy atom. The van der Waals surface area contributed by atoms with E-state index < -0.39 is 36.3 Å². The molecule has 1 aliphatic rings. The number of carbonyl (C=O) groups excluding carboxylic acids is 1. The van der Waals surface area contributed by atoms with Crippen LogP contribution >= 0.6 is 11.5 Å². The Kier molecular flexibility index (Phi) is 10.4. The number of piperidine rings is 1. The van der Waals surface area contributed by atoms with Gasteiger partial charge in [0.1, 0.15) is 23.2 Å². The van der Waals surface area contributed by atoms with E-state index in [4.69, 9.17) is 4.74 Å². The van der Waals surface area contributed by atoms with Gasteiger partial charge in [0.2, 0.25) is 5.88 Å². The number of aliphatic hydroxyl groups is 1. The van der Waals surface area contributed by atoms with Gasteiger partial charge in [0.15, 0.2) is 5.56 Å². The van der Waals surface area contributed by atoms with E-state index in [0.29, 0.717) is 37.5 Å². The molecule has 1 saturated heterocycles. The summed E-state index contributed by atoms with van der Waals surface area (Å²) in [6.45, 7) is 4.08. The third kappa shape index (κ3) is 8.10. The third-order valence-electron chi connectivity index (χ3n) is 5.96. The Balaban J connectivity index is 1.43. The highest BCUT2D eigenvalue weighted by Gasteiger charge is 2.24. The van der Waals surface area contributed by atoms with E-state index >= 15 is 0 Å². The van der Waals surface area contributed by atoms with Crippen LogP contribution in [-0.4, -0.2) is 63.8 Å². The Hall–Kier alpha value is -2.83. The summed E-state index contributed by atoms with van der Waals surface area (Å²) in [5.41, 5.74) is -0.318. The molecular formula is C24H32F2N4O5S. The van der Waals surface area contributed by atoms with E-state index in [0.717, 1.165) is 31.6 Å². The monoisotopic (exact) mass is 526 g/mol. The van der Waals surface area contributed by atoms with Gasteiger partial charge in [-0.05, 0) is 81.3 Å². The summed E-state index contributed by atoms with van der Waals surface area (Å²) in [6.07, 6.45) is 5.25. The molecule has 1 atom stereocenters. The van der Waals surface area contributed by atoms with Gasteiger partial charge in [0.25, 0.3) is 0 Å². The number of hydrogen-bond acceptors (Lipinski definition) is 7. The molecule has 1 aromatic heterocycles. The number of likely N-dealkylation sites (tertiary alicyclic amines) is 1. The molecule has 9 nitrogen and oxygen atoms in total. The van der Waals surface area contributed by atoms with Gasteiger partial charge in [-0.3, -0.25) is 5.32 Å². The van der Waals surface area contributed by atoms with Crippen molar-refractivity contribution in [3.63, 3.8) is 0 Å². The first-order chi connectivity index (χ1) is 17.2. The average Bonchev–Trinajstić information content (AvgIpc) is 3.23. The largest absolute Gasteiger partial charge is 0.477 e. The van der Waals surface area contributed by atoms with Crippen LogP contribution in [0, 0.1) is 18.6 Å². The molecular weight excluding hydrogens is 494 g/mol. The Bertz CT molecular complexity index is 1050. The van der Waals surface area contributed by atoms with E-state index in [-0.39, 0.29) is 27.6 Å². The van der Waals surface area contributed by atoms with Gasteiger partial charge in [0, 0.05) is 18.7 Å². The number of nitrogens with one attached hydrogen (secondary N) is 2. The Labute approximate surface area is 212 Å². The first kappa shape index (κ1) is 27.8. The normalized spacial score (nSPS) is 14.9. The van der Waals surface area contributed by atoms with E-state index in [1.165, 1.54) is 26.2 Å². The summed E-state index contributed by atoms with van der Waals surface area (Å²) in [5.74, 6) is -2.97. The highest BCUT2D eigenvalue weighted by Crippen LogP contribution is 2.31. The van der Waals surface area contributed by atoms with Gasteiger partial charge in [-0.25, -0.2) is 18.4 Å². The van der Waals surface area contributed by atoms with Crippen LogP contribution in [0.1, 0.15) is 60.0 Å². The first-order valence-electron chi connectivity index (χ1n) is 12.0. The number of carbonyl (C=O) groups is 2. The van der Waals surface area contributed by atoms with Crippen LogP contribution < -0.4 is 15.4 Å². The van der Waals surface area contributed by atoms with Crippen molar-refractivity contribution < 1.29 is 33.3 Å². The maximum Gasteiger partial charge on any atom is 0.344 e. The van der Waals surface area contributed by atoms with E-state index in [9.17, 15) is 28.6 Å². The topological polar surface area (TPSA) is 124 Å². The number of benzene rings is 1. The number of aliphatic hydroxyl groups excluding tert-OH is 1. The lowest BCUT2D eigenvalue weighted by Gasteiger charge is -2.28. The quantitative estimate of drug-likeness (QED) is 0.306. The summed E-state index contributed by atoms with van der Waals surface area (Å²) in [6, 6.07) is 1.41.